The van der Waals surface area contributed by atoms with Crippen LogP contribution in [0.2, 0.25) is 5.02 Å². The normalized spacial score (nSPS) is 11.7. The van der Waals surface area contributed by atoms with E-state index in [4.69, 9.17) is 16.3 Å². The summed E-state index contributed by atoms with van der Waals surface area (Å²) in [5.41, 5.74) is 2.17. The zero-order valence-electron chi connectivity index (χ0n) is 16.3. The lowest BCUT2D eigenvalue weighted by atomic mass is 10.1. The van der Waals surface area contributed by atoms with Crippen molar-refractivity contribution < 1.29 is 9.53 Å². The standard InChI is InChI=1S/C22H22ClN3O3/c1-15(22(28)24-14-13-16-3-7-18(23)8-4-16)26-21(27)12-11-20(25-26)17-5-9-19(29-2)10-6-17/h3-12,15H,13-14H2,1-2H3,(H,24,28). The first-order chi connectivity index (χ1) is 14.0. The molecule has 150 valence electrons. The fourth-order valence-electron chi connectivity index (χ4n) is 2.86. The lowest BCUT2D eigenvalue weighted by Gasteiger charge is -2.15. The van der Waals surface area contributed by atoms with E-state index in [2.05, 4.69) is 10.4 Å². The number of ether oxygens (including phenoxy) is 1. The molecular formula is C22H22ClN3O3. The SMILES string of the molecule is COc1ccc(-c2ccc(=O)n(C(C)C(=O)NCCc3ccc(Cl)cc3)n2)cc1. The maximum atomic E-state index is 12.5. The molecule has 2 aromatic carbocycles. The number of nitrogens with zero attached hydrogens (tertiary/aromatic N) is 2. The molecule has 0 aliphatic heterocycles. The first-order valence-electron chi connectivity index (χ1n) is 9.24. The third-order valence-corrected chi connectivity index (χ3v) is 4.84. The molecule has 1 aromatic heterocycles. The number of methoxy groups -OCH3 is 1. The van der Waals surface area contributed by atoms with Crippen LogP contribution < -0.4 is 15.6 Å². The van der Waals surface area contributed by atoms with Crippen molar-refractivity contribution in [3.05, 3.63) is 81.6 Å². The minimum absolute atomic E-state index is 0.263. The van der Waals surface area contributed by atoms with E-state index < -0.39 is 6.04 Å². The molecule has 7 heteroatoms. The molecule has 0 aliphatic rings. The van der Waals surface area contributed by atoms with E-state index in [-0.39, 0.29) is 11.5 Å². The topological polar surface area (TPSA) is 73.2 Å². The van der Waals surface area contributed by atoms with Crippen molar-refractivity contribution in [2.75, 3.05) is 13.7 Å². The van der Waals surface area contributed by atoms with E-state index in [9.17, 15) is 9.59 Å². The van der Waals surface area contributed by atoms with Gasteiger partial charge in [-0.3, -0.25) is 9.59 Å². The molecule has 0 bridgehead atoms. The first kappa shape index (κ1) is 20.6. The van der Waals surface area contributed by atoms with Crippen molar-refractivity contribution in [3.63, 3.8) is 0 Å². The summed E-state index contributed by atoms with van der Waals surface area (Å²) in [6.45, 7) is 2.11. The van der Waals surface area contributed by atoms with Crippen LogP contribution in [0.3, 0.4) is 0 Å². The Morgan fingerprint density at radius 3 is 2.45 bits per heavy atom. The van der Waals surface area contributed by atoms with Crippen molar-refractivity contribution >= 4 is 17.5 Å². The second-order valence-corrected chi connectivity index (χ2v) is 7.01. The molecular weight excluding hydrogens is 390 g/mol. The average Bonchev–Trinajstić information content (AvgIpc) is 2.75. The van der Waals surface area contributed by atoms with E-state index in [1.54, 1.807) is 20.1 Å². The summed E-state index contributed by atoms with van der Waals surface area (Å²) >= 11 is 5.88. The number of nitrogens with one attached hydrogen (secondary N) is 1. The fourth-order valence-corrected chi connectivity index (χ4v) is 2.98. The Kier molecular flexibility index (Phi) is 6.67. The Bertz CT molecular complexity index is 1030. The van der Waals surface area contributed by atoms with E-state index in [1.165, 1.54) is 10.7 Å². The Morgan fingerprint density at radius 2 is 1.79 bits per heavy atom. The third-order valence-electron chi connectivity index (χ3n) is 4.58. The van der Waals surface area contributed by atoms with Gasteiger partial charge < -0.3 is 10.1 Å². The number of hydrogen-bond donors (Lipinski definition) is 1. The number of amides is 1. The maximum absolute atomic E-state index is 12.5. The molecule has 1 atom stereocenters. The summed E-state index contributed by atoms with van der Waals surface area (Å²) < 4.78 is 6.36. The Morgan fingerprint density at radius 1 is 1.10 bits per heavy atom. The minimum atomic E-state index is -0.731. The second-order valence-electron chi connectivity index (χ2n) is 6.57. The van der Waals surface area contributed by atoms with Crippen molar-refractivity contribution in [1.82, 2.24) is 15.1 Å². The third kappa shape index (κ3) is 5.23. The smallest absolute Gasteiger partial charge is 0.267 e. The van der Waals surface area contributed by atoms with E-state index >= 15 is 0 Å². The molecule has 3 rings (SSSR count). The molecule has 0 spiro atoms. The van der Waals surface area contributed by atoms with Crippen LogP contribution in [0.25, 0.3) is 11.3 Å². The predicted molar refractivity (Wildman–Crippen MR) is 113 cm³/mol. The quantitative estimate of drug-likeness (QED) is 0.645. The molecule has 0 fully saturated rings. The van der Waals surface area contributed by atoms with Crippen molar-refractivity contribution in [3.8, 4) is 17.0 Å². The molecule has 29 heavy (non-hydrogen) atoms. The Balaban J connectivity index is 1.68. The number of hydrogen-bond acceptors (Lipinski definition) is 4. The number of aromatic nitrogens is 2. The summed E-state index contributed by atoms with van der Waals surface area (Å²) in [4.78, 5) is 24.8. The monoisotopic (exact) mass is 411 g/mol. The maximum Gasteiger partial charge on any atom is 0.267 e. The molecule has 1 N–H and O–H groups in total. The summed E-state index contributed by atoms with van der Waals surface area (Å²) in [5, 5.41) is 7.91. The number of halogens is 1. The van der Waals surface area contributed by atoms with Crippen molar-refractivity contribution in [2.45, 2.75) is 19.4 Å². The zero-order chi connectivity index (χ0) is 20.8. The highest BCUT2D eigenvalue weighted by molar-refractivity contribution is 6.30. The van der Waals surface area contributed by atoms with Crippen LogP contribution in [0.1, 0.15) is 18.5 Å². The van der Waals surface area contributed by atoms with Gasteiger partial charge in [-0.15, -0.1) is 0 Å². The van der Waals surface area contributed by atoms with Crippen molar-refractivity contribution in [2.24, 2.45) is 0 Å². The van der Waals surface area contributed by atoms with Gasteiger partial charge in [-0.2, -0.15) is 5.10 Å². The first-order valence-corrected chi connectivity index (χ1v) is 9.62. The van der Waals surface area contributed by atoms with Gasteiger partial charge >= 0.3 is 0 Å². The van der Waals surface area contributed by atoms with E-state index in [1.807, 2.05) is 48.5 Å². The van der Waals surface area contributed by atoms with E-state index in [0.29, 0.717) is 23.7 Å². The molecule has 3 aromatic rings. The van der Waals surface area contributed by atoms with Crippen LogP contribution in [0.5, 0.6) is 5.75 Å². The van der Waals surface area contributed by atoms with Gasteiger partial charge in [0.25, 0.3) is 5.56 Å². The van der Waals surface area contributed by atoms with Crippen LogP contribution in [0.4, 0.5) is 0 Å². The number of carbonyl (C=O) groups excluding carboxylic acids is 1. The molecule has 1 amide bonds. The van der Waals surface area contributed by atoms with Crippen LogP contribution in [0.15, 0.2) is 65.5 Å². The van der Waals surface area contributed by atoms with Crippen LogP contribution in [-0.2, 0) is 11.2 Å². The lowest BCUT2D eigenvalue weighted by molar-refractivity contribution is -0.124. The minimum Gasteiger partial charge on any atom is -0.497 e. The molecule has 1 heterocycles. The highest BCUT2D eigenvalue weighted by atomic mass is 35.5. The largest absolute Gasteiger partial charge is 0.497 e. The lowest BCUT2D eigenvalue weighted by Crippen LogP contribution is -2.37. The van der Waals surface area contributed by atoms with E-state index in [0.717, 1.165) is 16.9 Å². The highest BCUT2D eigenvalue weighted by Gasteiger charge is 2.17. The highest BCUT2D eigenvalue weighted by Crippen LogP contribution is 2.20. The number of carbonyl (C=O) groups is 1. The molecule has 0 saturated carbocycles. The van der Waals surface area contributed by atoms with Gasteiger partial charge in [0.15, 0.2) is 0 Å². The van der Waals surface area contributed by atoms with Gasteiger partial charge in [0, 0.05) is 23.2 Å². The van der Waals surface area contributed by atoms with Gasteiger partial charge in [0.2, 0.25) is 5.91 Å². The van der Waals surface area contributed by atoms with Crippen LogP contribution >= 0.6 is 11.6 Å². The number of rotatable bonds is 7. The van der Waals surface area contributed by atoms with Gasteiger partial charge in [-0.1, -0.05) is 23.7 Å². The summed E-state index contributed by atoms with van der Waals surface area (Å²) in [6.07, 6.45) is 0.670. The van der Waals surface area contributed by atoms with Gasteiger partial charge in [0.1, 0.15) is 11.8 Å². The molecule has 6 nitrogen and oxygen atoms in total. The Hall–Kier alpha value is -3.12. The second kappa shape index (κ2) is 9.39. The van der Waals surface area contributed by atoms with Gasteiger partial charge in [-0.25, -0.2) is 4.68 Å². The van der Waals surface area contributed by atoms with Gasteiger partial charge in [-0.05, 0) is 61.4 Å². The summed E-state index contributed by atoms with van der Waals surface area (Å²) in [6, 6.07) is 17.1. The molecule has 0 saturated heterocycles. The molecule has 0 aliphatic carbocycles. The van der Waals surface area contributed by atoms with Crippen LogP contribution in [-0.4, -0.2) is 29.3 Å². The number of benzene rings is 2. The summed E-state index contributed by atoms with van der Waals surface area (Å²) in [7, 11) is 1.60. The molecule has 1 unspecified atom stereocenters. The van der Waals surface area contributed by atoms with Gasteiger partial charge in [0.05, 0.1) is 12.8 Å². The average molecular weight is 412 g/mol. The predicted octanol–water partition coefficient (Wildman–Crippen LogP) is 3.49. The fraction of sp³-hybridized carbons (Fsp3) is 0.227. The Labute approximate surface area is 174 Å². The summed E-state index contributed by atoms with van der Waals surface area (Å²) in [5.74, 6) is 0.468. The molecule has 0 radical (unpaired) electrons. The van der Waals surface area contributed by atoms with Crippen molar-refractivity contribution in [1.29, 1.82) is 0 Å². The zero-order valence-corrected chi connectivity index (χ0v) is 17.0. The van der Waals surface area contributed by atoms with Crippen LogP contribution in [0, 0.1) is 0 Å².